The maximum absolute atomic E-state index is 6.34. The van der Waals surface area contributed by atoms with Crippen molar-refractivity contribution in [1.29, 1.82) is 0 Å². The summed E-state index contributed by atoms with van der Waals surface area (Å²) in [5.74, 6) is 0. The molecule has 0 saturated heterocycles. The molecular weight excluding hydrogens is 617 g/mol. The Morgan fingerprint density at radius 3 is 1.47 bits per heavy atom. The first-order valence-electron chi connectivity index (χ1n) is 17.5. The molecule has 0 aliphatic rings. The summed E-state index contributed by atoms with van der Waals surface area (Å²) in [4.78, 5) is 0. The third-order valence-electron chi connectivity index (χ3n) is 10.3. The largest absolute Gasteiger partial charge is 0.455 e. The van der Waals surface area contributed by atoms with Gasteiger partial charge in [-0.2, -0.15) is 0 Å². The van der Waals surface area contributed by atoms with Crippen molar-refractivity contribution in [3.63, 3.8) is 0 Å². The topological polar surface area (TPSA) is 13.1 Å². The van der Waals surface area contributed by atoms with Gasteiger partial charge in [-0.05, 0) is 83.0 Å². The standard InChI is InChI=1S/C44H26O.C6H6/c1-2-7-32-26-33(19-12-27(32)6-1)35-23-21-31-18-17-30-20-22-34(38-24-25-39(35)43(31)42(30)38)28-13-15-29(16-14-28)36-9-5-10-40-37-8-3-4-11-41(37)45-44(36)40;1-2-4-6-5-3-1/h1-26H;1-6H. The van der Waals surface area contributed by atoms with E-state index in [4.69, 9.17) is 4.42 Å². The van der Waals surface area contributed by atoms with Crippen molar-refractivity contribution in [3.8, 4) is 33.4 Å². The molecule has 0 aliphatic carbocycles. The van der Waals surface area contributed by atoms with Gasteiger partial charge in [-0.25, -0.2) is 0 Å². The zero-order chi connectivity index (χ0) is 33.7. The lowest BCUT2D eigenvalue weighted by atomic mass is 9.87. The summed E-state index contributed by atoms with van der Waals surface area (Å²) in [5.41, 5.74) is 9.13. The Balaban J connectivity index is 0.000000498. The predicted octanol–water partition coefficient (Wildman–Crippen LogP) is 14.3. The SMILES string of the molecule is c1ccc2cc(-c3ccc4ccc5ccc(-c6ccc(-c7cccc8c7oc7ccccc78)cc6)c6ccc3c4c56)ccc2c1.c1ccccc1. The first kappa shape index (κ1) is 29.2. The Bertz CT molecular complexity index is 2980. The van der Waals surface area contributed by atoms with Crippen molar-refractivity contribution in [2.24, 2.45) is 0 Å². The summed E-state index contributed by atoms with van der Waals surface area (Å²) in [6.45, 7) is 0. The maximum Gasteiger partial charge on any atom is 0.143 e. The van der Waals surface area contributed by atoms with Crippen molar-refractivity contribution in [1.82, 2.24) is 0 Å². The van der Waals surface area contributed by atoms with Gasteiger partial charge in [0.1, 0.15) is 11.2 Å². The van der Waals surface area contributed by atoms with Crippen molar-refractivity contribution in [2.45, 2.75) is 0 Å². The Hall–Kier alpha value is -6.70. The van der Waals surface area contributed by atoms with Crippen LogP contribution >= 0.6 is 0 Å². The molecule has 0 amide bonds. The lowest BCUT2D eigenvalue weighted by molar-refractivity contribution is 0.670. The number of para-hydroxylation sites is 2. The summed E-state index contributed by atoms with van der Waals surface area (Å²) in [6.07, 6.45) is 0. The van der Waals surface area contributed by atoms with Crippen molar-refractivity contribution in [3.05, 3.63) is 194 Å². The first-order valence-corrected chi connectivity index (χ1v) is 17.5. The van der Waals surface area contributed by atoms with Crippen LogP contribution in [0.5, 0.6) is 0 Å². The molecule has 1 nitrogen and oxygen atoms in total. The molecule has 0 atom stereocenters. The van der Waals surface area contributed by atoms with Crippen LogP contribution < -0.4 is 0 Å². The van der Waals surface area contributed by atoms with Gasteiger partial charge in [-0.3, -0.25) is 0 Å². The second-order valence-electron chi connectivity index (χ2n) is 13.2. The van der Waals surface area contributed by atoms with Crippen LogP contribution in [0.25, 0.3) is 98.4 Å². The summed E-state index contributed by atoms with van der Waals surface area (Å²) in [7, 11) is 0. The van der Waals surface area contributed by atoms with E-state index < -0.39 is 0 Å². The van der Waals surface area contributed by atoms with Crippen molar-refractivity contribution >= 4 is 65.0 Å². The van der Waals surface area contributed by atoms with Crippen LogP contribution in [0.4, 0.5) is 0 Å². The minimum atomic E-state index is 0.925. The van der Waals surface area contributed by atoms with Gasteiger partial charge in [0, 0.05) is 16.3 Å². The van der Waals surface area contributed by atoms with Crippen LogP contribution in [-0.4, -0.2) is 0 Å². The minimum absolute atomic E-state index is 0.925. The fourth-order valence-electron chi connectivity index (χ4n) is 7.85. The number of furan rings is 1. The lowest BCUT2D eigenvalue weighted by Crippen LogP contribution is -1.90. The highest BCUT2D eigenvalue weighted by Gasteiger charge is 2.16. The molecule has 0 spiro atoms. The molecule has 10 aromatic carbocycles. The lowest BCUT2D eigenvalue weighted by Gasteiger charge is -2.17. The summed E-state index contributed by atoms with van der Waals surface area (Å²) in [5, 5.41) is 12.7. The zero-order valence-electron chi connectivity index (χ0n) is 27.9. The van der Waals surface area contributed by atoms with E-state index in [9.17, 15) is 0 Å². The number of hydrogen-bond donors (Lipinski definition) is 0. The highest BCUT2D eigenvalue weighted by Crippen LogP contribution is 2.43. The Morgan fingerprint density at radius 2 is 0.784 bits per heavy atom. The number of fused-ring (bicyclic) bond motifs is 4. The first-order chi connectivity index (χ1) is 25.3. The molecule has 1 heterocycles. The monoisotopic (exact) mass is 648 g/mol. The van der Waals surface area contributed by atoms with Gasteiger partial charge < -0.3 is 4.42 Å². The highest BCUT2D eigenvalue weighted by molar-refractivity contribution is 6.27. The van der Waals surface area contributed by atoms with E-state index in [1.54, 1.807) is 0 Å². The van der Waals surface area contributed by atoms with E-state index in [0.717, 1.165) is 33.1 Å². The molecule has 0 fully saturated rings. The van der Waals surface area contributed by atoms with Crippen LogP contribution in [-0.2, 0) is 0 Å². The molecule has 0 N–H and O–H groups in total. The Morgan fingerprint density at radius 1 is 0.275 bits per heavy atom. The third kappa shape index (κ3) is 4.94. The van der Waals surface area contributed by atoms with E-state index in [1.165, 1.54) is 65.3 Å². The van der Waals surface area contributed by atoms with E-state index in [0.29, 0.717) is 0 Å². The van der Waals surface area contributed by atoms with E-state index >= 15 is 0 Å². The van der Waals surface area contributed by atoms with Gasteiger partial charge in [0.05, 0.1) is 0 Å². The smallest absolute Gasteiger partial charge is 0.143 e. The van der Waals surface area contributed by atoms with Gasteiger partial charge in [0.2, 0.25) is 0 Å². The van der Waals surface area contributed by atoms with E-state index in [1.807, 2.05) is 48.5 Å². The predicted molar refractivity (Wildman–Crippen MR) is 218 cm³/mol. The fourth-order valence-corrected chi connectivity index (χ4v) is 7.85. The van der Waals surface area contributed by atoms with Crippen LogP contribution in [0.15, 0.2) is 199 Å². The quantitative estimate of drug-likeness (QED) is 0.174. The molecule has 1 aromatic heterocycles. The molecule has 51 heavy (non-hydrogen) atoms. The second kappa shape index (κ2) is 12.0. The Kier molecular flexibility index (Phi) is 6.89. The molecule has 238 valence electrons. The van der Waals surface area contributed by atoms with E-state index in [2.05, 4.69) is 146 Å². The summed E-state index contributed by atoms with van der Waals surface area (Å²) in [6, 6.07) is 69.4. The van der Waals surface area contributed by atoms with Crippen LogP contribution in [0, 0.1) is 0 Å². The second-order valence-corrected chi connectivity index (χ2v) is 13.2. The van der Waals surface area contributed by atoms with E-state index in [-0.39, 0.29) is 0 Å². The summed E-state index contributed by atoms with van der Waals surface area (Å²) < 4.78 is 6.34. The average Bonchev–Trinajstić information content (AvgIpc) is 3.60. The van der Waals surface area contributed by atoms with Crippen LogP contribution in [0.3, 0.4) is 0 Å². The molecule has 0 radical (unpaired) electrons. The van der Waals surface area contributed by atoms with Gasteiger partial charge >= 0.3 is 0 Å². The maximum atomic E-state index is 6.34. The van der Waals surface area contributed by atoms with Gasteiger partial charge in [-0.1, -0.05) is 182 Å². The molecule has 0 aliphatic heterocycles. The molecular formula is C50H32O. The molecule has 11 rings (SSSR count). The zero-order valence-corrected chi connectivity index (χ0v) is 27.9. The fraction of sp³-hybridized carbons (Fsp3) is 0. The van der Waals surface area contributed by atoms with Crippen LogP contribution in [0.1, 0.15) is 0 Å². The Labute approximate surface area is 296 Å². The minimum Gasteiger partial charge on any atom is -0.455 e. The van der Waals surface area contributed by atoms with Gasteiger partial charge in [-0.15, -0.1) is 0 Å². The molecule has 1 heteroatoms. The van der Waals surface area contributed by atoms with Crippen LogP contribution in [0.2, 0.25) is 0 Å². The number of rotatable bonds is 3. The van der Waals surface area contributed by atoms with Crippen molar-refractivity contribution < 1.29 is 4.42 Å². The highest BCUT2D eigenvalue weighted by atomic mass is 16.3. The number of benzene rings is 10. The normalized spacial score (nSPS) is 11.5. The molecule has 0 saturated carbocycles. The van der Waals surface area contributed by atoms with Gasteiger partial charge in [0.25, 0.3) is 0 Å². The third-order valence-corrected chi connectivity index (χ3v) is 10.3. The van der Waals surface area contributed by atoms with Gasteiger partial charge in [0.15, 0.2) is 0 Å². The average molecular weight is 649 g/mol. The summed E-state index contributed by atoms with van der Waals surface area (Å²) >= 11 is 0. The molecule has 11 aromatic rings. The number of hydrogen-bond acceptors (Lipinski definition) is 1. The molecule has 0 bridgehead atoms. The molecule has 0 unspecified atom stereocenters. The van der Waals surface area contributed by atoms with Crippen molar-refractivity contribution in [2.75, 3.05) is 0 Å².